The summed E-state index contributed by atoms with van der Waals surface area (Å²) in [6.45, 7) is 6.11. The van der Waals surface area contributed by atoms with E-state index in [0.29, 0.717) is 17.2 Å². The highest BCUT2D eigenvalue weighted by Gasteiger charge is 2.09. The largest absolute Gasteiger partial charge is 0.484 e. The average Bonchev–Trinajstić information content (AvgIpc) is 2.66. The number of nitrogens with one attached hydrogen (secondary N) is 2. The fraction of sp³-hybridized carbons (Fsp3) is 0.300. The van der Waals surface area contributed by atoms with Gasteiger partial charge in [-0.3, -0.25) is 20.4 Å². The molecule has 0 aliphatic rings. The molecule has 2 aromatic carbocycles. The molecule has 0 radical (unpaired) electrons. The highest BCUT2D eigenvalue weighted by molar-refractivity contribution is 14.1. The van der Waals surface area contributed by atoms with Crippen LogP contribution in [0.15, 0.2) is 42.5 Å². The highest BCUT2D eigenvalue weighted by atomic mass is 127. The summed E-state index contributed by atoms with van der Waals surface area (Å²) in [4.78, 5) is 23.9. The van der Waals surface area contributed by atoms with Crippen LogP contribution in [0.4, 0.5) is 0 Å². The maximum atomic E-state index is 12.0. The van der Waals surface area contributed by atoms with Gasteiger partial charge in [-0.2, -0.15) is 0 Å². The zero-order chi connectivity index (χ0) is 19.1. The minimum absolute atomic E-state index is 0.172. The second-order valence-electron chi connectivity index (χ2n) is 6.13. The molecule has 2 N–H and O–H groups in total. The van der Waals surface area contributed by atoms with Crippen LogP contribution in [0.2, 0.25) is 0 Å². The van der Waals surface area contributed by atoms with Gasteiger partial charge in [-0.1, -0.05) is 32.0 Å². The summed E-state index contributed by atoms with van der Waals surface area (Å²) in [7, 11) is 0. The molecule has 0 saturated heterocycles. The number of carbonyl (C=O) groups excluding carboxylic acids is 2. The first-order chi connectivity index (χ1) is 12.4. The van der Waals surface area contributed by atoms with Crippen LogP contribution in [0, 0.1) is 10.5 Å². The Hall–Kier alpha value is -2.09. The quantitative estimate of drug-likeness (QED) is 0.501. The maximum Gasteiger partial charge on any atom is 0.276 e. The lowest BCUT2D eigenvalue weighted by molar-refractivity contribution is -0.123. The van der Waals surface area contributed by atoms with Crippen LogP contribution in [-0.2, 0) is 4.79 Å². The van der Waals surface area contributed by atoms with E-state index in [1.807, 2.05) is 37.3 Å². The van der Waals surface area contributed by atoms with Crippen molar-refractivity contribution in [3.05, 3.63) is 62.7 Å². The second kappa shape index (κ2) is 9.56. The summed E-state index contributed by atoms with van der Waals surface area (Å²) in [5, 5.41) is 0. The zero-order valence-electron chi connectivity index (χ0n) is 15.1. The van der Waals surface area contributed by atoms with Gasteiger partial charge in [0.25, 0.3) is 11.8 Å². The van der Waals surface area contributed by atoms with Crippen molar-refractivity contribution >= 4 is 34.4 Å². The number of halogens is 1. The third-order valence-electron chi connectivity index (χ3n) is 4.18. The molecule has 1 atom stereocenters. The monoisotopic (exact) mass is 466 g/mol. The third-order valence-corrected chi connectivity index (χ3v) is 5.34. The Morgan fingerprint density at radius 1 is 1.12 bits per heavy atom. The van der Waals surface area contributed by atoms with E-state index in [2.05, 4.69) is 47.3 Å². The number of ether oxygens (including phenoxy) is 1. The van der Waals surface area contributed by atoms with E-state index in [1.54, 1.807) is 12.1 Å². The van der Waals surface area contributed by atoms with Gasteiger partial charge in [0.2, 0.25) is 0 Å². The molecule has 0 aliphatic carbocycles. The van der Waals surface area contributed by atoms with Crippen molar-refractivity contribution < 1.29 is 14.3 Å². The van der Waals surface area contributed by atoms with Crippen LogP contribution in [0.3, 0.4) is 0 Å². The molecule has 26 heavy (non-hydrogen) atoms. The third kappa shape index (κ3) is 5.72. The highest BCUT2D eigenvalue weighted by Crippen LogP contribution is 2.21. The molecule has 1 unspecified atom stereocenters. The van der Waals surface area contributed by atoms with Crippen LogP contribution in [0.25, 0.3) is 0 Å². The summed E-state index contributed by atoms with van der Waals surface area (Å²) in [5.74, 6) is 0.319. The van der Waals surface area contributed by atoms with Crippen LogP contribution in [-0.4, -0.2) is 18.4 Å². The van der Waals surface area contributed by atoms with Gasteiger partial charge < -0.3 is 4.74 Å². The number of hydrazine groups is 1. The van der Waals surface area contributed by atoms with Crippen LogP contribution in [0.5, 0.6) is 5.75 Å². The predicted octanol–water partition coefficient (Wildman–Crippen LogP) is 3.95. The van der Waals surface area contributed by atoms with Gasteiger partial charge in [0, 0.05) is 9.13 Å². The molecule has 138 valence electrons. The average molecular weight is 466 g/mol. The van der Waals surface area contributed by atoms with Gasteiger partial charge in [-0.15, -0.1) is 0 Å². The van der Waals surface area contributed by atoms with Gasteiger partial charge in [-0.05, 0) is 77.2 Å². The molecule has 2 aromatic rings. The van der Waals surface area contributed by atoms with E-state index in [0.717, 1.165) is 15.6 Å². The molecule has 0 bridgehead atoms. The first-order valence-corrected chi connectivity index (χ1v) is 9.56. The minimum atomic E-state index is -0.425. The minimum Gasteiger partial charge on any atom is -0.484 e. The fourth-order valence-electron chi connectivity index (χ4n) is 2.25. The van der Waals surface area contributed by atoms with Gasteiger partial charge in [0.1, 0.15) is 5.75 Å². The standard InChI is InChI=1S/C20H23IN2O3/c1-4-13(2)15-7-9-17(10-8-15)26-12-19(24)22-23-20(25)16-6-5-14(3)18(21)11-16/h5-11,13H,4,12H2,1-3H3,(H,22,24)(H,23,25). The molecule has 0 spiro atoms. The first-order valence-electron chi connectivity index (χ1n) is 8.48. The maximum absolute atomic E-state index is 12.0. The second-order valence-corrected chi connectivity index (χ2v) is 7.30. The lowest BCUT2D eigenvalue weighted by Gasteiger charge is -2.11. The number of hydrogen-bond acceptors (Lipinski definition) is 3. The Morgan fingerprint density at radius 3 is 2.42 bits per heavy atom. The lowest BCUT2D eigenvalue weighted by Crippen LogP contribution is -2.43. The topological polar surface area (TPSA) is 67.4 Å². The molecular weight excluding hydrogens is 443 g/mol. The van der Waals surface area contributed by atoms with Crippen molar-refractivity contribution in [1.82, 2.24) is 10.9 Å². The van der Waals surface area contributed by atoms with E-state index in [-0.39, 0.29) is 12.5 Å². The summed E-state index contributed by atoms with van der Waals surface area (Å²) in [6.07, 6.45) is 1.07. The number of benzene rings is 2. The van der Waals surface area contributed by atoms with E-state index in [9.17, 15) is 9.59 Å². The van der Waals surface area contributed by atoms with E-state index in [4.69, 9.17) is 4.74 Å². The Morgan fingerprint density at radius 2 is 1.81 bits per heavy atom. The van der Waals surface area contributed by atoms with Crippen LogP contribution >= 0.6 is 22.6 Å². The smallest absolute Gasteiger partial charge is 0.276 e. The van der Waals surface area contributed by atoms with Crippen LogP contribution < -0.4 is 15.6 Å². The number of carbonyl (C=O) groups is 2. The Labute approximate surface area is 167 Å². The van der Waals surface area contributed by atoms with Crippen molar-refractivity contribution in [2.45, 2.75) is 33.1 Å². The molecule has 2 rings (SSSR count). The number of aryl methyl sites for hydroxylation is 1. The molecule has 2 amide bonds. The van der Waals surface area contributed by atoms with Gasteiger partial charge in [-0.25, -0.2) is 0 Å². The van der Waals surface area contributed by atoms with Crippen molar-refractivity contribution in [2.75, 3.05) is 6.61 Å². The Balaban J connectivity index is 1.79. The van der Waals surface area contributed by atoms with Crippen molar-refractivity contribution in [3.63, 3.8) is 0 Å². The van der Waals surface area contributed by atoms with Crippen molar-refractivity contribution in [3.8, 4) is 5.75 Å². The summed E-state index contributed by atoms with van der Waals surface area (Å²) >= 11 is 2.17. The van der Waals surface area contributed by atoms with E-state index < -0.39 is 5.91 Å². The zero-order valence-corrected chi connectivity index (χ0v) is 17.3. The normalized spacial score (nSPS) is 11.5. The fourth-order valence-corrected chi connectivity index (χ4v) is 2.76. The van der Waals surface area contributed by atoms with E-state index >= 15 is 0 Å². The molecule has 6 heteroatoms. The SMILES string of the molecule is CCC(C)c1ccc(OCC(=O)NNC(=O)c2ccc(C)c(I)c2)cc1. The number of rotatable bonds is 6. The van der Waals surface area contributed by atoms with Gasteiger partial charge in [0.15, 0.2) is 6.61 Å². The number of hydrogen-bond donors (Lipinski definition) is 2. The summed E-state index contributed by atoms with van der Waals surface area (Å²) in [5.41, 5.74) is 7.57. The lowest BCUT2D eigenvalue weighted by atomic mass is 9.99. The Kier molecular flexibility index (Phi) is 7.44. The van der Waals surface area contributed by atoms with Crippen molar-refractivity contribution in [2.24, 2.45) is 0 Å². The first kappa shape index (κ1) is 20.2. The predicted molar refractivity (Wildman–Crippen MR) is 110 cm³/mol. The molecular formula is C20H23IN2O3. The molecule has 0 fully saturated rings. The van der Waals surface area contributed by atoms with Gasteiger partial charge >= 0.3 is 0 Å². The summed E-state index contributed by atoms with van der Waals surface area (Å²) in [6, 6.07) is 13.1. The van der Waals surface area contributed by atoms with E-state index in [1.165, 1.54) is 5.56 Å². The molecule has 0 heterocycles. The molecule has 5 nitrogen and oxygen atoms in total. The number of amides is 2. The van der Waals surface area contributed by atoms with Crippen LogP contribution in [0.1, 0.15) is 47.7 Å². The van der Waals surface area contributed by atoms with Gasteiger partial charge in [0.05, 0.1) is 0 Å². The summed E-state index contributed by atoms with van der Waals surface area (Å²) < 4.78 is 6.44. The Bertz CT molecular complexity index is 775. The molecule has 0 saturated carbocycles. The molecule has 0 aliphatic heterocycles. The van der Waals surface area contributed by atoms with Crippen molar-refractivity contribution in [1.29, 1.82) is 0 Å². The molecule has 0 aromatic heterocycles.